The molecule has 0 aromatic heterocycles. The molecule has 0 N–H and O–H groups in total. The molecule has 1 fully saturated rings. The molecule has 3 rings (SSSR count). The van der Waals surface area contributed by atoms with Crippen molar-refractivity contribution in [3.63, 3.8) is 0 Å². The average Bonchev–Trinajstić information content (AvgIpc) is 2.48. The van der Waals surface area contributed by atoms with Crippen LogP contribution in [0, 0.1) is 0 Å². The maximum Gasteiger partial charge on any atom is 0.305 e. The lowest BCUT2D eigenvalue weighted by Gasteiger charge is -2.28. The van der Waals surface area contributed by atoms with Gasteiger partial charge < -0.3 is 0 Å². The van der Waals surface area contributed by atoms with Crippen molar-refractivity contribution < 1.29 is 12.6 Å². The highest BCUT2D eigenvalue weighted by molar-refractivity contribution is 7.75. The Balaban J connectivity index is 1.84. The fraction of sp³-hybridized carbons (Fsp3) is 0.200. The van der Waals surface area contributed by atoms with Gasteiger partial charge >= 0.3 is 11.4 Å². The van der Waals surface area contributed by atoms with E-state index >= 15 is 0 Å². The van der Waals surface area contributed by atoms with Crippen LogP contribution in [0.25, 0.3) is 0 Å². The first-order valence-corrected chi connectivity index (χ1v) is 7.19. The highest BCUT2D eigenvalue weighted by Crippen LogP contribution is 2.37. The molecule has 3 nitrogen and oxygen atoms in total. The second-order valence-electron chi connectivity index (χ2n) is 4.43. The standard InChI is InChI=1S/C15H14O3S/c16-19-17-14(12-7-3-1-4-8-12)11-15(18-19)13-9-5-2-6-10-13/h1-10,14-15H,11H2/t14-,15+,19?. The third-order valence-electron chi connectivity index (χ3n) is 3.16. The Kier molecular flexibility index (Phi) is 3.73. The van der Waals surface area contributed by atoms with Crippen LogP contribution in [-0.4, -0.2) is 4.21 Å². The van der Waals surface area contributed by atoms with Gasteiger partial charge in [-0.3, -0.25) is 8.37 Å². The second-order valence-corrected chi connectivity index (χ2v) is 5.22. The zero-order valence-corrected chi connectivity index (χ0v) is 11.1. The predicted molar refractivity (Wildman–Crippen MR) is 73.3 cm³/mol. The first-order chi connectivity index (χ1) is 9.33. The Morgan fingerprint density at radius 3 is 1.63 bits per heavy atom. The van der Waals surface area contributed by atoms with Gasteiger partial charge in [-0.1, -0.05) is 60.7 Å². The number of benzene rings is 2. The predicted octanol–water partition coefficient (Wildman–Crippen LogP) is 3.48. The molecule has 98 valence electrons. The molecule has 0 amide bonds. The minimum atomic E-state index is -1.70. The molecule has 1 heterocycles. The van der Waals surface area contributed by atoms with Gasteiger partial charge in [0.15, 0.2) is 0 Å². The van der Waals surface area contributed by atoms with Crippen LogP contribution < -0.4 is 0 Å². The summed E-state index contributed by atoms with van der Waals surface area (Å²) in [5.41, 5.74) is 2.06. The summed E-state index contributed by atoms with van der Waals surface area (Å²) in [5, 5.41) is 0. The third-order valence-corrected chi connectivity index (χ3v) is 3.94. The van der Waals surface area contributed by atoms with E-state index in [-0.39, 0.29) is 12.2 Å². The van der Waals surface area contributed by atoms with Crippen molar-refractivity contribution in [2.45, 2.75) is 18.6 Å². The Labute approximate surface area is 115 Å². The van der Waals surface area contributed by atoms with Gasteiger partial charge in [0.1, 0.15) is 12.2 Å². The van der Waals surface area contributed by atoms with E-state index < -0.39 is 11.4 Å². The van der Waals surface area contributed by atoms with Crippen molar-refractivity contribution >= 4 is 11.4 Å². The molecular formula is C15H14O3S. The number of hydrogen-bond donors (Lipinski definition) is 0. The van der Waals surface area contributed by atoms with E-state index in [0.717, 1.165) is 11.1 Å². The zero-order chi connectivity index (χ0) is 13.1. The van der Waals surface area contributed by atoms with E-state index in [2.05, 4.69) is 0 Å². The number of rotatable bonds is 2. The van der Waals surface area contributed by atoms with Gasteiger partial charge in [0.25, 0.3) is 0 Å². The fourth-order valence-corrected chi connectivity index (χ4v) is 3.01. The Morgan fingerprint density at radius 1 is 0.789 bits per heavy atom. The smallest absolute Gasteiger partial charge is 0.260 e. The summed E-state index contributed by atoms with van der Waals surface area (Å²) in [6.07, 6.45) is 0.279. The Morgan fingerprint density at radius 2 is 1.21 bits per heavy atom. The van der Waals surface area contributed by atoms with Gasteiger partial charge in [-0.2, -0.15) is 4.21 Å². The maximum atomic E-state index is 11.7. The first kappa shape index (κ1) is 12.5. The highest BCUT2D eigenvalue weighted by Gasteiger charge is 2.30. The van der Waals surface area contributed by atoms with Gasteiger partial charge in [0, 0.05) is 6.42 Å². The molecule has 0 saturated carbocycles. The van der Waals surface area contributed by atoms with Crippen molar-refractivity contribution in [1.29, 1.82) is 0 Å². The summed E-state index contributed by atoms with van der Waals surface area (Å²) in [6.45, 7) is 0. The molecule has 4 heteroatoms. The molecule has 1 saturated heterocycles. The normalized spacial score (nSPS) is 27.1. The van der Waals surface area contributed by atoms with Gasteiger partial charge in [-0.05, 0) is 11.1 Å². The summed E-state index contributed by atoms with van der Waals surface area (Å²) >= 11 is -1.70. The monoisotopic (exact) mass is 274 g/mol. The van der Waals surface area contributed by atoms with Crippen LogP contribution in [0.15, 0.2) is 60.7 Å². The molecule has 19 heavy (non-hydrogen) atoms. The van der Waals surface area contributed by atoms with E-state index in [1.165, 1.54) is 0 Å². The quantitative estimate of drug-likeness (QED) is 0.841. The van der Waals surface area contributed by atoms with Gasteiger partial charge in [0.05, 0.1) is 0 Å². The summed E-state index contributed by atoms with van der Waals surface area (Å²) in [5.74, 6) is 0. The molecule has 1 unspecified atom stereocenters. The minimum Gasteiger partial charge on any atom is -0.260 e. The lowest BCUT2D eigenvalue weighted by atomic mass is 9.99. The molecule has 0 spiro atoms. The first-order valence-electron chi connectivity index (χ1n) is 6.19. The van der Waals surface area contributed by atoms with Crippen molar-refractivity contribution in [1.82, 2.24) is 0 Å². The van der Waals surface area contributed by atoms with Crippen LogP contribution in [0.2, 0.25) is 0 Å². The van der Waals surface area contributed by atoms with Crippen LogP contribution in [0.3, 0.4) is 0 Å². The summed E-state index contributed by atoms with van der Waals surface area (Å²) in [4.78, 5) is 0. The SMILES string of the molecule is O=S1O[C@H](c2ccccc2)C[C@H](c2ccccc2)O1. The number of hydrogen-bond acceptors (Lipinski definition) is 3. The molecule has 1 aliphatic rings. The van der Waals surface area contributed by atoms with Crippen molar-refractivity contribution in [3.8, 4) is 0 Å². The second kappa shape index (κ2) is 5.65. The van der Waals surface area contributed by atoms with Crippen LogP contribution in [0.1, 0.15) is 29.8 Å². The van der Waals surface area contributed by atoms with Crippen LogP contribution >= 0.6 is 0 Å². The third kappa shape index (κ3) is 2.92. The van der Waals surface area contributed by atoms with Gasteiger partial charge in [0.2, 0.25) is 0 Å². The molecule has 1 aliphatic heterocycles. The lowest BCUT2D eigenvalue weighted by Crippen LogP contribution is -2.21. The van der Waals surface area contributed by atoms with E-state index in [9.17, 15) is 4.21 Å². The van der Waals surface area contributed by atoms with Crippen molar-refractivity contribution in [2.24, 2.45) is 0 Å². The minimum absolute atomic E-state index is 0.194. The van der Waals surface area contributed by atoms with Crippen LogP contribution in [-0.2, 0) is 19.7 Å². The van der Waals surface area contributed by atoms with Gasteiger partial charge in [-0.15, -0.1) is 0 Å². The van der Waals surface area contributed by atoms with Crippen LogP contribution in [0.4, 0.5) is 0 Å². The van der Waals surface area contributed by atoms with E-state index in [1.54, 1.807) is 0 Å². The molecule has 0 aliphatic carbocycles. The maximum absolute atomic E-state index is 11.7. The largest absolute Gasteiger partial charge is 0.305 e. The Bertz CT molecular complexity index is 507. The zero-order valence-electron chi connectivity index (χ0n) is 10.3. The van der Waals surface area contributed by atoms with Gasteiger partial charge in [-0.25, -0.2) is 0 Å². The molecule has 0 bridgehead atoms. The fourth-order valence-electron chi connectivity index (χ4n) is 2.20. The molecule has 3 atom stereocenters. The molecule has 2 aromatic carbocycles. The molecule has 2 aromatic rings. The topological polar surface area (TPSA) is 35.5 Å². The average molecular weight is 274 g/mol. The Hall–Kier alpha value is -1.49. The molecular weight excluding hydrogens is 260 g/mol. The molecule has 0 radical (unpaired) electrons. The van der Waals surface area contributed by atoms with E-state index in [4.69, 9.17) is 8.37 Å². The summed E-state index contributed by atoms with van der Waals surface area (Å²) < 4.78 is 22.4. The van der Waals surface area contributed by atoms with Crippen molar-refractivity contribution in [2.75, 3.05) is 0 Å². The van der Waals surface area contributed by atoms with Crippen molar-refractivity contribution in [3.05, 3.63) is 71.8 Å². The summed E-state index contributed by atoms with van der Waals surface area (Å²) in [6, 6.07) is 19.6. The summed E-state index contributed by atoms with van der Waals surface area (Å²) in [7, 11) is 0. The highest BCUT2D eigenvalue weighted by atomic mass is 32.2. The van der Waals surface area contributed by atoms with E-state index in [1.807, 2.05) is 60.7 Å². The van der Waals surface area contributed by atoms with E-state index in [0.29, 0.717) is 6.42 Å². The lowest BCUT2D eigenvalue weighted by molar-refractivity contribution is 0.0577. The van der Waals surface area contributed by atoms with Crippen LogP contribution in [0.5, 0.6) is 0 Å².